The molecule has 0 aliphatic heterocycles. The van der Waals surface area contributed by atoms with Crippen molar-refractivity contribution in [1.82, 2.24) is 0 Å². The molecule has 0 radical (unpaired) electrons. The molecule has 0 amide bonds. The highest BCUT2D eigenvalue weighted by Crippen LogP contribution is 2.42. The molecule has 2 aromatic rings. The van der Waals surface area contributed by atoms with Crippen molar-refractivity contribution in [1.29, 1.82) is 0 Å². The van der Waals surface area contributed by atoms with Crippen LogP contribution in [-0.4, -0.2) is 11.0 Å². The average Bonchev–Trinajstić information content (AvgIpc) is 3.20. The van der Waals surface area contributed by atoms with Crippen LogP contribution >= 0.6 is 12.2 Å². The van der Waals surface area contributed by atoms with Gasteiger partial charge in [0.1, 0.15) is 4.99 Å². The fourth-order valence-electron chi connectivity index (χ4n) is 2.37. The average molecular weight is 268 g/mol. The fourth-order valence-corrected chi connectivity index (χ4v) is 2.50. The highest BCUT2D eigenvalue weighted by atomic mass is 32.1. The van der Waals surface area contributed by atoms with Crippen LogP contribution in [0.2, 0.25) is 0 Å². The molecule has 19 heavy (non-hydrogen) atoms. The monoisotopic (exact) mass is 268 g/mol. The maximum atomic E-state index is 5.59. The summed E-state index contributed by atoms with van der Waals surface area (Å²) in [6.45, 7) is 0. The molecular formula is C16H16N2S. The molecule has 0 heterocycles. The van der Waals surface area contributed by atoms with Gasteiger partial charge in [-0.05, 0) is 36.2 Å². The minimum atomic E-state index is 0.445. The van der Waals surface area contributed by atoms with Crippen molar-refractivity contribution in [3.05, 3.63) is 65.7 Å². The lowest BCUT2D eigenvalue weighted by atomic mass is 10.1. The van der Waals surface area contributed by atoms with E-state index in [1.54, 1.807) is 0 Å². The third-order valence-corrected chi connectivity index (χ3v) is 3.78. The number of anilines is 1. The van der Waals surface area contributed by atoms with E-state index >= 15 is 0 Å². The molecule has 1 aliphatic carbocycles. The van der Waals surface area contributed by atoms with Crippen molar-refractivity contribution < 1.29 is 0 Å². The molecule has 96 valence electrons. The van der Waals surface area contributed by atoms with Crippen molar-refractivity contribution in [3.8, 4) is 0 Å². The molecule has 1 aliphatic rings. The Morgan fingerprint density at radius 2 is 1.74 bits per heavy atom. The number of rotatable bonds is 4. The van der Waals surface area contributed by atoms with E-state index in [2.05, 4.69) is 35.6 Å². The van der Waals surface area contributed by atoms with Gasteiger partial charge in [-0.15, -0.1) is 0 Å². The number of nitrogens with two attached hydrogens (primary N) is 1. The number of thiocarbonyl (C=S) groups is 1. The molecule has 2 unspecified atom stereocenters. The molecule has 2 nitrogen and oxygen atoms in total. The van der Waals surface area contributed by atoms with Crippen LogP contribution in [0.15, 0.2) is 54.6 Å². The lowest BCUT2D eigenvalue weighted by Crippen LogP contribution is -2.09. The van der Waals surface area contributed by atoms with E-state index in [9.17, 15) is 0 Å². The summed E-state index contributed by atoms with van der Waals surface area (Å²) in [7, 11) is 0. The van der Waals surface area contributed by atoms with Gasteiger partial charge in [0.2, 0.25) is 0 Å². The highest BCUT2D eigenvalue weighted by Gasteiger charge is 2.38. The van der Waals surface area contributed by atoms with Crippen LogP contribution in [0.4, 0.5) is 5.69 Å². The van der Waals surface area contributed by atoms with E-state index in [1.807, 2.05) is 24.3 Å². The summed E-state index contributed by atoms with van der Waals surface area (Å²) in [6.07, 6.45) is 1.20. The molecule has 1 saturated carbocycles. The van der Waals surface area contributed by atoms with Gasteiger partial charge in [-0.2, -0.15) is 0 Å². The molecule has 2 atom stereocenters. The van der Waals surface area contributed by atoms with Crippen LogP contribution in [0.1, 0.15) is 23.5 Å². The second-order valence-corrected chi connectivity index (χ2v) is 5.39. The lowest BCUT2D eigenvalue weighted by Gasteiger charge is -2.07. The van der Waals surface area contributed by atoms with Gasteiger partial charge in [0.05, 0.1) is 0 Å². The van der Waals surface area contributed by atoms with Gasteiger partial charge in [0.25, 0.3) is 0 Å². The largest absolute Gasteiger partial charge is 0.389 e. The van der Waals surface area contributed by atoms with Gasteiger partial charge in [0, 0.05) is 23.2 Å². The van der Waals surface area contributed by atoms with Crippen LogP contribution in [0.25, 0.3) is 0 Å². The SMILES string of the molecule is NC(=S)c1ccc(NC2CC2c2ccccc2)cc1. The first-order valence-corrected chi connectivity index (χ1v) is 6.86. The third kappa shape index (κ3) is 2.76. The number of nitrogens with one attached hydrogen (secondary N) is 1. The first-order chi connectivity index (χ1) is 9.24. The molecule has 3 heteroatoms. The van der Waals surface area contributed by atoms with Crippen molar-refractivity contribution in [3.63, 3.8) is 0 Å². The minimum Gasteiger partial charge on any atom is -0.389 e. The maximum Gasteiger partial charge on any atom is 0.103 e. The van der Waals surface area contributed by atoms with E-state index in [0.29, 0.717) is 16.9 Å². The normalized spacial score (nSPS) is 20.8. The topological polar surface area (TPSA) is 38.0 Å². The standard InChI is InChI=1S/C16H16N2S/c17-16(19)12-6-8-13(9-7-12)18-15-10-14(15)11-4-2-1-3-5-11/h1-9,14-15,18H,10H2,(H2,17,19). The minimum absolute atomic E-state index is 0.445. The fraction of sp³-hybridized carbons (Fsp3) is 0.188. The molecule has 1 fully saturated rings. The van der Waals surface area contributed by atoms with Crippen molar-refractivity contribution in [2.24, 2.45) is 5.73 Å². The molecule has 3 N–H and O–H groups in total. The Labute approximate surface area is 118 Å². The van der Waals surface area contributed by atoms with Crippen molar-refractivity contribution >= 4 is 22.9 Å². The van der Waals surface area contributed by atoms with E-state index in [-0.39, 0.29) is 0 Å². The van der Waals surface area contributed by atoms with E-state index in [0.717, 1.165) is 11.3 Å². The third-order valence-electron chi connectivity index (χ3n) is 3.54. The van der Waals surface area contributed by atoms with Gasteiger partial charge in [-0.3, -0.25) is 0 Å². The molecule has 2 aromatic carbocycles. The number of hydrogen-bond acceptors (Lipinski definition) is 2. The number of hydrogen-bond donors (Lipinski definition) is 2. The predicted octanol–water partition coefficient (Wildman–Crippen LogP) is 3.29. The van der Waals surface area contributed by atoms with Gasteiger partial charge in [0.15, 0.2) is 0 Å². The maximum absolute atomic E-state index is 5.59. The Hall–Kier alpha value is -1.87. The van der Waals surface area contributed by atoms with Crippen LogP contribution in [-0.2, 0) is 0 Å². The number of benzene rings is 2. The summed E-state index contributed by atoms with van der Waals surface area (Å²) < 4.78 is 0. The van der Waals surface area contributed by atoms with Crippen LogP contribution in [0.5, 0.6) is 0 Å². The Balaban J connectivity index is 1.63. The lowest BCUT2D eigenvalue weighted by molar-refractivity contribution is 1.05. The van der Waals surface area contributed by atoms with Crippen LogP contribution in [0.3, 0.4) is 0 Å². The first kappa shape index (κ1) is 12.2. The van der Waals surface area contributed by atoms with Crippen molar-refractivity contribution in [2.75, 3.05) is 5.32 Å². The van der Waals surface area contributed by atoms with Crippen LogP contribution < -0.4 is 11.1 Å². The van der Waals surface area contributed by atoms with Gasteiger partial charge >= 0.3 is 0 Å². The van der Waals surface area contributed by atoms with Gasteiger partial charge < -0.3 is 11.1 Å². The summed E-state index contributed by atoms with van der Waals surface area (Å²) in [4.78, 5) is 0.445. The van der Waals surface area contributed by atoms with Crippen molar-refractivity contribution in [2.45, 2.75) is 18.4 Å². The summed E-state index contributed by atoms with van der Waals surface area (Å²) in [6, 6.07) is 19.2. The zero-order valence-corrected chi connectivity index (χ0v) is 11.4. The van der Waals surface area contributed by atoms with Gasteiger partial charge in [-0.1, -0.05) is 42.5 Å². The Kier molecular flexibility index (Phi) is 3.22. The predicted molar refractivity (Wildman–Crippen MR) is 83.5 cm³/mol. The van der Waals surface area contributed by atoms with E-state index < -0.39 is 0 Å². The second kappa shape index (κ2) is 5.02. The highest BCUT2D eigenvalue weighted by molar-refractivity contribution is 7.80. The molecule has 0 spiro atoms. The van der Waals surface area contributed by atoms with E-state index in [4.69, 9.17) is 18.0 Å². The van der Waals surface area contributed by atoms with E-state index in [1.165, 1.54) is 12.0 Å². The summed E-state index contributed by atoms with van der Waals surface area (Å²) >= 11 is 4.95. The Bertz CT molecular complexity index is 577. The zero-order chi connectivity index (χ0) is 13.2. The molecule has 3 rings (SSSR count). The van der Waals surface area contributed by atoms with Crippen LogP contribution in [0, 0.1) is 0 Å². The Morgan fingerprint density at radius 3 is 2.37 bits per heavy atom. The summed E-state index contributed by atoms with van der Waals surface area (Å²) in [5.74, 6) is 0.636. The Morgan fingerprint density at radius 1 is 1.05 bits per heavy atom. The van der Waals surface area contributed by atoms with Gasteiger partial charge in [-0.25, -0.2) is 0 Å². The summed E-state index contributed by atoms with van der Waals surface area (Å²) in [5, 5.41) is 3.55. The summed E-state index contributed by atoms with van der Waals surface area (Å²) in [5.41, 5.74) is 9.04. The quantitative estimate of drug-likeness (QED) is 0.836. The first-order valence-electron chi connectivity index (χ1n) is 6.45. The molecule has 0 bridgehead atoms. The second-order valence-electron chi connectivity index (χ2n) is 4.95. The molecule has 0 saturated heterocycles. The smallest absolute Gasteiger partial charge is 0.103 e. The zero-order valence-electron chi connectivity index (χ0n) is 10.5. The molecular weight excluding hydrogens is 252 g/mol. The molecule has 0 aromatic heterocycles.